The van der Waals surface area contributed by atoms with Crippen LogP contribution in [0.1, 0.15) is 36.0 Å². The first-order valence-electron chi connectivity index (χ1n) is 7.87. The summed E-state index contributed by atoms with van der Waals surface area (Å²) in [6.45, 7) is 7.73. The predicted molar refractivity (Wildman–Crippen MR) is 96.6 cm³/mol. The van der Waals surface area contributed by atoms with Crippen LogP contribution in [-0.2, 0) is 4.79 Å². The fourth-order valence-electron chi connectivity index (χ4n) is 2.28. The Labute approximate surface area is 148 Å². The molecule has 1 aliphatic rings. The molecule has 1 saturated carbocycles. The number of hydrogen-bond acceptors (Lipinski definition) is 6. The Morgan fingerprint density at radius 1 is 1.25 bits per heavy atom. The van der Waals surface area contributed by atoms with Gasteiger partial charge in [0, 0.05) is 16.3 Å². The summed E-state index contributed by atoms with van der Waals surface area (Å²) >= 11 is 3.00. The third kappa shape index (κ3) is 3.70. The number of nitrogens with zero attached hydrogens (tertiary/aromatic N) is 2. The van der Waals surface area contributed by atoms with Gasteiger partial charge in [0.25, 0.3) is 0 Å². The number of fused-ring (bicyclic) bond motifs is 1. The van der Waals surface area contributed by atoms with Crippen LogP contribution in [0.3, 0.4) is 0 Å². The van der Waals surface area contributed by atoms with Gasteiger partial charge in [-0.25, -0.2) is 14.8 Å². The fourth-order valence-corrected chi connectivity index (χ4v) is 4.48. The zero-order valence-corrected chi connectivity index (χ0v) is 15.7. The molecule has 1 aliphatic carbocycles. The summed E-state index contributed by atoms with van der Waals surface area (Å²) in [7, 11) is 0. The van der Waals surface area contributed by atoms with Crippen LogP contribution in [0.15, 0.2) is 5.03 Å². The van der Waals surface area contributed by atoms with Gasteiger partial charge in [0.2, 0.25) is 5.91 Å². The van der Waals surface area contributed by atoms with E-state index >= 15 is 0 Å². The average Bonchev–Trinajstić information content (AvgIpc) is 3.24. The van der Waals surface area contributed by atoms with E-state index in [1.165, 1.54) is 16.6 Å². The van der Waals surface area contributed by atoms with Crippen molar-refractivity contribution in [3.8, 4) is 0 Å². The molecule has 2 aromatic rings. The second kappa shape index (κ2) is 6.68. The molecule has 128 valence electrons. The van der Waals surface area contributed by atoms with Gasteiger partial charge in [-0.3, -0.25) is 10.1 Å². The molecule has 1 fully saturated rings. The maximum Gasteiger partial charge on any atom is 0.321 e. The lowest BCUT2D eigenvalue weighted by Crippen LogP contribution is -2.43. The van der Waals surface area contributed by atoms with E-state index < -0.39 is 11.3 Å². The van der Waals surface area contributed by atoms with Crippen molar-refractivity contribution in [2.24, 2.45) is 0 Å². The van der Waals surface area contributed by atoms with Crippen LogP contribution in [0.2, 0.25) is 0 Å². The van der Waals surface area contributed by atoms with Gasteiger partial charge in [0.1, 0.15) is 15.7 Å². The number of carbonyl (C=O) groups excluding carboxylic acids is 2. The highest BCUT2D eigenvalue weighted by Crippen LogP contribution is 2.36. The van der Waals surface area contributed by atoms with Crippen molar-refractivity contribution in [2.75, 3.05) is 0 Å². The Balaban J connectivity index is 1.75. The molecule has 0 aliphatic heterocycles. The number of urea groups is 1. The molecule has 0 aromatic carbocycles. The van der Waals surface area contributed by atoms with E-state index in [0.29, 0.717) is 5.82 Å². The SMILES string of the molecule is Cc1nc(SC(C)C(=O)NC(=O)NC2CC2)c2c(C)c(C)sc2n1. The topological polar surface area (TPSA) is 84.0 Å². The number of aromatic nitrogens is 2. The molecule has 1 atom stereocenters. The van der Waals surface area contributed by atoms with Gasteiger partial charge in [-0.1, -0.05) is 11.8 Å². The Kier molecular flexibility index (Phi) is 4.78. The summed E-state index contributed by atoms with van der Waals surface area (Å²) in [6.07, 6.45) is 1.97. The van der Waals surface area contributed by atoms with Crippen LogP contribution < -0.4 is 10.6 Å². The second-order valence-electron chi connectivity index (χ2n) is 6.04. The van der Waals surface area contributed by atoms with E-state index in [9.17, 15) is 9.59 Å². The van der Waals surface area contributed by atoms with Crippen LogP contribution in [0.25, 0.3) is 10.2 Å². The third-order valence-corrected chi connectivity index (χ3v) is 6.10. The van der Waals surface area contributed by atoms with E-state index in [2.05, 4.69) is 27.5 Å². The molecule has 1 unspecified atom stereocenters. The Bertz CT molecular complexity index is 814. The molecule has 0 bridgehead atoms. The lowest BCUT2D eigenvalue weighted by molar-refractivity contribution is -0.119. The largest absolute Gasteiger partial charge is 0.335 e. The van der Waals surface area contributed by atoms with E-state index in [1.807, 2.05) is 13.8 Å². The first-order chi connectivity index (χ1) is 11.3. The van der Waals surface area contributed by atoms with E-state index in [-0.39, 0.29) is 11.9 Å². The first kappa shape index (κ1) is 17.2. The molecule has 3 amide bonds. The summed E-state index contributed by atoms with van der Waals surface area (Å²) in [5.74, 6) is 0.373. The molecular formula is C16H20N4O2S2. The minimum atomic E-state index is -0.424. The molecular weight excluding hydrogens is 344 g/mol. The van der Waals surface area contributed by atoms with Crippen molar-refractivity contribution in [1.29, 1.82) is 0 Å². The molecule has 2 aromatic heterocycles. The predicted octanol–water partition coefficient (Wildman–Crippen LogP) is 3.09. The van der Waals surface area contributed by atoms with E-state index in [1.54, 1.807) is 18.3 Å². The number of aryl methyl sites for hydroxylation is 3. The summed E-state index contributed by atoms with van der Waals surface area (Å²) in [5, 5.41) is 6.54. The van der Waals surface area contributed by atoms with Gasteiger partial charge in [-0.15, -0.1) is 11.3 Å². The van der Waals surface area contributed by atoms with Crippen LogP contribution in [0.4, 0.5) is 4.79 Å². The van der Waals surface area contributed by atoms with Crippen LogP contribution in [0, 0.1) is 20.8 Å². The van der Waals surface area contributed by atoms with Gasteiger partial charge in [0.15, 0.2) is 0 Å². The minimum Gasteiger partial charge on any atom is -0.335 e. The summed E-state index contributed by atoms with van der Waals surface area (Å²) in [4.78, 5) is 35.1. The Morgan fingerprint density at radius 3 is 2.62 bits per heavy atom. The molecule has 8 heteroatoms. The molecule has 0 saturated heterocycles. The monoisotopic (exact) mass is 364 g/mol. The Morgan fingerprint density at radius 2 is 1.96 bits per heavy atom. The summed E-state index contributed by atoms with van der Waals surface area (Å²) < 4.78 is 0. The zero-order chi connectivity index (χ0) is 17.4. The smallest absolute Gasteiger partial charge is 0.321 e. The highest BCUT2D eigenvalue weighted by molar-refractivity contribution is 8.00. The fraction of sp³-hybridized carbons (Fsp3) is 0.500. The lowest BCUT2D eigenvalue weighted by Gasteiger charge is -2.12. The molecule has 6 nitrogen and oxygen atoms in total. The van der Waals surface area contributed by atoms with Crippen molar-refractivity contribution >= 4 is 45.3 Å². The van der Waals surface area contributed by atoms with Crippen LogP contribution in [0.5, 0.6) is 0 Å². The zero-order valence-electron chi connectivity index (χ0n) is 14.1. The number of nitrogens with one attached hydrogen (secondary N) is 2. The van der Waals surface area contributed by atoms with E-state index in [0.717, 1.165) is 33.6 Å². The number of thiophene rings is 1. The highest BCUT2D eigenvalue weighted by Gasteiger charge is 2.26. The number of thioether (sulfide) groups is 1. The average molecular weight is 364 g/mol. The molecule has 0 radical (unpaired) electrons. The van der Waals surface area contributed by atoms with Crippen molar-refractivity contribution in [3.05, 3.63) is 16.3 Å². The van der Waals surface area contributed by atoms with Gasteiger partial charge in [-0.2, -0.15) is 0 Å². The summed E-state index contributed by atoms with van der Waals surface area (Å²) in [5.41, 5.74) is 1.15. The number of amides is 3. The number of hydrogen-bond donors (Lipinski definition) is 2. The molecule has 3 rings (SSSR count). The van der Waals surface area contributed by atoms with Crippen molar-refractivity contribution in [2.45, 2.75) is 56.9 Å². The normalized spacial score (nSPS) is 15.3. The van der Waals surface area contributed by atoms with Crippen LogP contribution in [-0.4, -0.2) is 33.2 Å². The molecule has 24 heavy (non-hydrogen) atoms. The van der Waals surface area contributed by atoms with E-state index in [4.69, 9.17) is 0 Å². The maximum absolute atomic E-state index is 12.2. The third-order valence-electron chi connectivity index (χ3n) is 3.91. The molecule has 2 N–H and O–H groups in total. The number of rotatable bonds is 4. The van der Waals surface area contributed by atoms with Gasteiger partial charge < -0.3 is 5.32 Å². The maximum atomic E-state index is 12.2. The molecule has 2 heterocycles. The highest BCUT2D eigenvalue weighted by atomic mass is 32.2. The Hall–Kier alpha value is -1.67. The lowest BCUT2D eigenvalue weighted by atomic mass is 10.2. The van der Waals surface area contributed by atoms with Crippen LogP contribution >= 0.6 is 23.1 Å². The summed E-state index contributed by atoms with van der Waals surface area (Å²) in [6, 6.07) is -0.192. The van der Waals surface area contributed by atoms with Crippen molar-refractivity contribution in [3.63, 3.8) is 0 Å². The van der Waals surface area contributed by atoms with Gasteiger partial charge in [-0.05, 0) is 46.1 Å². The van der Waals surface area contributed by atoms with Crippen molar-refractivity contribution in [1.82, 2.24) is 20.6 Å². The van der Waals surface area contributed by atoms with Crippen molar-refractivity contribution < 1.29 is 9.59 Å². The number of carbonyl (C=O) groups is 2. The van der Waals surface area contributed by atoms with Gasteiger partial charge >= 0.3 is 6.03 Å². The quantitative estimate of drug-likeness (QED) is 0.643. The molecule has 0 spiro atoms. The minimum absolute atomic E-state index is 0.223. The first-order valence-corrected chi connectivity index (χ1v) is 9.57. The van der Waals surface area contributed by atoms with Gasteiger partial charge in [0.05, 0.1) is 5.25 Å². The number of imide groups is 1. The second-order valence-corrected chi connectivity index (χ2v) is 8.57. The standard InChI is InChI=1S/C16H20N4O2S2/c1-7-8(2)23-14-12(7)15(18-10(4)17-14)24-9(3)13(21)20-16(22)19-11-5-6-11/h9,11H,5-6H2,1-4H3,(H2,19,20,21,22).